The number of anilines is 2. The van der Waals surface area contributed by atoms with E-state index in [1.165, 1.54) is 0 Å². The van der Waals surface area contributed by atoms with E-state index in [2.05, 4.69) is 0 Å². The van der Waals surface area contributed by atoms with Gasteiger partial charge in [-0.3, -0.25) is 14.4 Å². The number of carbonyl (C=O) groups is 3. The predicted molar refractivity (Wildman–Crippen MR) is 109 cm³/mol. The maximum atomic E-state index is 13.4. The smallest absolute Gasteiger partial charge is 0.211 e. The Balaban J connectivity index is 1.86. The van der Waals surface area contributed by atoms with E-state index in [0.29, 0.717) is 16.8 Å². The molecule has 0 spiro atoms. The lowest BCUT2D eigenvalue weighted by atomic mass is 9.84. The van der Waals surface area contributed by atoms with Crippen LogP contribution in [0.2, 0.25) is 0 Å². The second-order valence-electron chi connectivity index (χ2n) is 6.93. The van der Waals surface area contributed by atoms with Gasteiger partial charge >= 0.3 is 0 Å². The number of hydrogen-bond acceptors (Lipinski definition) is 5. The van der Waals surface area contributed by atoms with Gasteiger partial charge in [0.2, 0.25) is 5.78 Å². The van der Waals surface area contributed by atoms with E-state index in [1.807, 2.05) is 0 Å². The predicted octanol–water partition coefficient (Wildman–Crippen LogP) is 3.11. The molecule has 2 aromatic heterocycles. The Kier molecular flexibility index (Phi) is 3.45. The number of rotatable bonds is 2. The summed E-state index contributed by atoms with van der Waals surface area (Å²) in [7, 11) is 0. The molecule has 2 heterocycles. The second kappa shape index (κ2) is 5.90. The topological polar surface area (TPSA) is 108 Å². The molecule has 5 rings (SSSR count). The number of aromatic nitrogens is 1. The summed E-state index contributed by atoms with van der Waals surface area (Å²) in [5.41, 5.74) is 14.2. The van der Waals surface area contributed by atoms with Gasteiger partial charge in [-0.1, -0.05) is 18.2 Å². The first-order valence-electron chi connectivity index (χ1n) is 9.00. The molecular weight excluding hydrogens is 366 g/mol. The fraction of sp³-hybridized carbons (Fsp3) is 0. The Morgan fingerprint density at radius 1 is 0.793 bits per heavy atom. The van der Waals surface area contributed by atoms with Crippen LogP contribution in [0.15, 0.2) is 66.9 Å². The summed E-state index contributed by atoms with van der Waals surface area (Å²) in [5, 5.41) is 0. The Labute approximate surface area is 165 Å². The van der Waals surface area contributed by atoms with Gasteiger partial charge in [0, 0.05) is 28.7 Å². The van der Waals surface area contributed by atoms with E-state index in [9.17, 15) is 14.4 Å². The average Bonchev–Trinajstić information content (AvgIpc) is 3.07. The molecule has 0 fully saturated rings. The highest BCUT2D eigenvalue weighted by Gasteiger charge is 2.38. The molecule has 2 aromatic carbocycles. The zero-order chi connectivity index (χ0) is 20.3. The molecule has 0 amide bonds. The first-order chi connectivity index (χ1) is 14.0. The van der Waals surface area contributed by atoms with Crippen molar-refractivity contribution in [1.29, 1.82) is 0 Å². The summed E-state index contributed by atoms with van der Waals surface area (Å²) >= 11 is 0. The minimum absolute atomic E-state index is 0.0911. The number of fused-ring (bicyclic) bond motifs is 4. The van der Waals surface area contributed by atoms with Crippen molar-refractivity contribution < 1.29 is 14.4 Å². The van der Waals surface area contributed by atoms with Crippen LogP contribution in [-0.2, 0) is 0 Å². The van der Waals surface area contributed by atoms with E-state index in [4.69, 9.17) is 11.5 Å². The molecule has 29 heavy (non-hydrogen) atoms. The molecule has 140 valence electrons. The van der Waals surface area contributed by atoms with Crippen LogP contribution >= 0.6 is 0 Å². The molecule has 0 atom stereocenters. The molecule has 6 nitrogen and oxygen atoms in total. The second-order valence-corrected chi connectivity index (χ2v) is 6.93. The summed E-state index contributed by atoms with van der Waals surface area (Å²) in [6.07, 6.45) is 1.68. The van der Waals surface area contributed by atoms with Crippen molar-refractivity contribution in [3.63, 3.8) is 0 Å². The van der Waals surface area contributed by atoms with Gasteiger partial charge in [-0.2, -0.15) is 0 Å². The Morgan fingerprint density at radius 2 is 1.55 bits per heavy atom. The molecule has 6 heteroatoms. The van der Waals surface area contributed by atoms with Crippen LogP contribution in [-0.4, -0.2) is 21.8 Å². The van der Waals surface area contributed by atoms with Gasteiger partial charge in [-0.25, -0.2) is 0 Å². The number of carbonyl (C=O) groups excluding carboxylic acids is 3. The van der Waals surface area contributed by atoms with Crippen LogP contribution in [0.5, 0.6) is 0 Å². The number of ketones is 3. The molecule has 0 radical (unpaired) electrons. The van der Waals surface area contributed by atoms with Crippen molar-refractivity contribution in [3.8, 4) is 0 Å². The third-order valence-electron chi connectivity index (χ3n) is 5.25. The van der Waals surface area contributed by atoms with Crippen molar-refractivity contribution in [2.45, 2.75) is 0 Å². The summed E-state index contributed by atoms with van der Waals surface area (Å²) in [4.78, 5) is 40.1. The Morgan fingerprint density at radius 3 is 2.31 bits per heavy atom. The van der Waals surface area contributed by atoms with Crippen LogP contribution in [0, 0.1) is 0 Å². The van der Waals surface area contributed by atoms with Gasteiger partial charge in [0.15, 0.2) is 11.6 Å². The Hall–Kier alpha value is -4.19. The fourth-order valence-corrected chi connectivity index (χ4v) is 3.93. The molecule has 0 bridgehead atoms. The monoisotopic (exact) mass is 381 g/mol. The van der Waals surface area contributed by atoms with Crippen LogP contribution in [0.3, 0.4) is 0 Å². The van der Waals surface area contributed by atoms with Gasteiger partial charge in [0.1, 0.15) is 5.69 Å². The molecule has 4 aromatic rings. The minimum Gasteiger partial charge on any atom is -0.399 e. The van der Waals surface area contributed by atoms with Gasteiger partial charge in [0.25, 0.3) is 0 Å². The quantitative estimate of drug-likeness (QED) is 0.361. The number of pyridine rings is 1. The highest BCUT2D eigenvalue weighted by Crippen LogP contribution is 2.36. The summed E-state index contributed by atoms with van der Waals surface area (Å²) in [6.45, 7) is 0. The summed E-state index contributed by atoms with van der Waals surface area (Å²) in [6, 6.07) is 16.5. The van der Waals surface area contributed by atoms with Gasteiger partial charge in [-0.15, -0.1) is 0 Å². The van der Waals surface area contributed by atoms with Gasteiger partial charge in [0.05, 0.1) is 22.2 Å². The lowest BCUT2D eigenvalue weighted by Gasteiger charge is -2.17. The third-order valence-corrected chi connectivity index (χ3v) is 5.25. The van der Waals surface area contributed by atoms with Crippen LogP contribution in [0.4, 0.5) is 11.4 Å². The largest absolute Gasteiger partial charge is 0.399 e. The van der Waals surface area contributed by atoms with Gasteiger partial charge < -0.3 is 15.9 Å². The molecule has 1 aliphatic carbocycles. The molecular formula is C23H15N3O3. The minimum atomic E-state index is -0.421. The number of benzene rings is 2. The number of nitrogens with zero attached hydrogens (tertiary/aromatic N) is 1. The van der Waals surface area contributed by atoms with E-state index in [-0.39, 0.29) is 45.2 Å². The first kappa shape index (κ1) is 16.9. The molecule has 4 N–H and O–H groups in total. The third kappa shape index (κ3) is 2.26. The summed E-state index contributed by atoms with van der Waals surface area (Å²) in [5.74, 6) is -1.11. The lowest BCUT2D eigenvalue weighted by molar-refractivity contribution is 0.0971. The molecule has 0 aliphatic heterocycles. The molecule has 1 aliphatic rings. The number of nitrogen functional groups attached to an aromatic ring is 2. The van der Waals surface area contributed by atoms with Crippen LogP contribution < -0.4 is 11.5 Å². The van der Waals surface area contributed by atoms with Crippen LogP contribution in [0.25, 0.3) is 5.52 Å². The molecule has 0 unspecified atom stereocenters. The lowest BCUT2D eigenvalue weighted by Crippen LogP contribution is -2.24. The Bertz CT molecular complexity index is 1360. The van der Waals surface area contributed by atoms with E-state index in [1.54, 1.807) is 71.3 Å². The molecule has 0 saturated carbocycles. The zero-order valence-corrected chi connectivity index (χ0v) is 15.2. The number of hydrogen-bond donors (Lipinski definition) is 2. The van der Waals surface area contributed by atoms with Gasteiger partial charge in [-0.05, 0) is 42.5 Å². The van der Waals surface area contributed by atoms with E-state index < -0.39 is 5.78 Å². The maximum Gasteiger partial charge on any atom is 0.211 e. The normalized spacial score (nSPS) is 12.7. The highest BCUT2D eigenvalue weighted by molar-refractivity contribution is 6.34. The van der Waals surface area contributed by atoms with E-state index >= 15 is 0 Å². The highest BCUT2D eigenvalue weighted by atomic mass is 16.1. The number of nitrogens with two attached hydrogens (primary N) is 2. The van der Waals surface area contributed by atoms with Crippen molar-refractivity contribution in [2.75, 3.05) is 11.5 Å². The van der Waals surface area contributed by atoms with E-state index in [0.717, 1.165) is 0 Å². The standard InChI is InChI=1S/C23H15N3O3/c24-13-9-7-12(8-10-13)21(27)18-16-6-1-2-11-26(16)20-19(18)23(29)17-14(22(20)28)4-3-5-15(17)25/h1-11H,24-25H2. The fourth-order valence-electron chi connectivity index (χ4n) is 3.93. The SMILES string of the molecule is Nc1ccc(C(=O)c2c3c(n4ccccc24)C(=O)c2cccc(N)c2C3=O)cc1. The molecule has 0 saturated heterocycles. The van der Waals surface area contributed by atoms with Crippen molar-refractivity contribution in [1.82, 2.24) is 4.40 Å². The van der Waals surface area contributed by atoms with Crippen LogP contribution in [0.1, 0.15) is 47.9 Å². The van der Waals surface area contributed by atoms with Crippen molar-refractivity contribution >= 4 is 34.2 Å². The van der Waals surface area contributed by atoms with Crippen molar-refractivity contribution in [3.05, 3.63) is 100 Å². The summed E-state index contributed by atoms with van der Waals surface area (Å²) < 4.78 is 1.60. The zero-order valence-electron chi connectivity index (χ0n) is 15.2. The van der Waals surface area contributed by atoms with Crippen molar-refractivity contribution in [2.24, 2.45) is 0 Å². The first-order valence-corrected chi connectivity index (χ1v) is 9.00. The maximum absolute atomic E-state index is 13.4. The average molecular weight is 381 g/mol.